The predicted octanol–water partition coefficient (Wildman–Crippen LogP) is 0.753. The predicted molar refractivity (Wildman–Crippen MR) is 47.4 cm³/mol. The first-order valence-corrected chi connectivity index (χ1v) is 4.05. The molecule has 0 saturated carbocycles. The first-order chi connectivity index (χ1) is 7.02. The molecule has 1 aromatic rings. The lowest BCUT2D eigenvalue weighted by Crippen LogP contribution is -2.70. The van der Waals surface area contributed by atoms with Crippen LogP contribution in [-0.4, -0.2) is 13.1 Å². The van der Waals surface area contributed by atoms with Crippen molar-refractivity contribution in [3.63, 3.8) is 0 Å². The molecule has 4 nitrogen and oxygen atoms in total. The van der Waals surface area contributed by atoms with Crippen LogP contribution in [0.25, 0.3) is 0 Å². The summed E-state index contributed by atoms with van der Waals surface area (Å²) in [6.45, 7) is 1.14. The third-order valence-electron chi connectivity index (χ3n) is 1.98. The van der Waals surface area contributed by atoms with E-state index in [2.05, 4.69) is 4.74 Å². The quantitative estimate of drug-likeness (QED) is 0.451. The molecule has 0 radical (unpaired) electrons. The number of benzene rings is 1. The Morgan fingerprint density at radius 2 is 2.07 bits per heavy atom. The molecule has 1 aromatic carbocycles. The van der Waals surface area contributed by atoms with Crippen molar-refractivity contribution in [2.24, 2.45) is 0 Å². The summed E-state index contributed by atoms with van der Waals surface area (Å²) >= 11 is 0. The number of halogens is 2. The van der Waals surface area contributed by atoms with Crippen molar-refractivity contribution in [1.82, 2.24) is 0 Å². The van der Waals surface area contributed by atoms with Gasteiger partial charge in [-0.2, -0.15) is 4.39 Å². The first-order valence-electron chi connectivity index (χ1n) is 4.05. The van der Waals surface area contributed by atoms with E-state index in [1.54, 1.807) is 0 Å². The van der Waals surface area contributed by atoms with E-state index in [-0.39, 0.29) is 16.7 Å². The van der Waals surface area contributed by atoms with Crippen LogP contribution >= 0.6 is 0 Å². The largest absolute Gasteiger partial charge is 0.630 e. The van der Waals surface area contributed by atoms with Gasteiger partial charge in [0.1, 0.15) is 11.4 Å². The monoisotopic (exact) mass is 217 g/mol. The molecular weight excluding hydrogens is 208 g/mol. The molecule has 0 aliphatic carbocycles. The van der Waals surface area contributed by atoms with Crippen molar-refractivity contribution in [2.75, 3.05) is 7.11 Å². The van der Waals surface area contributed by atoms with Crippen LogP contribution in [0, 0.1) is 23.8 Å². The van der Waals surface area contributed by atoms with Crippen LogP contribution in [0.3, 0.4) is 0 Å². The fourth-order valence-corrected chi connectivity index (χ4v) is 1.14. The summed E-state index contributed by atoms with van der Waals surface area (Å²) in [6, 6.07) is 0.830. The molecule has 0 aromatic heterocycles. The molecule has 0 aliphatic heterocycles. The van der Waals surface area contributed by atoms with E-state index in [0.717, 1.165) is 20.1 Å². The zero-order valence-corrected chi connectivity index (χ0v) is 8.14. The minimum atomic E-state index is -1.01. The van der Waals surface area contributed by atoms with E-state index in [4.69, 9.17) is 0 Å². The first kappa shape index (κ1) is 11.5. The number of nitrogens with two attached hydrogens (primary N) is 1. The van der Waals surface area contributed by atoms with Crippen LogP contribution in [-0.2, 0) is 4.74 Å². The number of ether oxygens (including phenoxy) is 1. The van der Waals surface area contributed by atoms with Gasteiger partial charge in [0.15, 0.2) is 11.5 Å². The standard InChI is InChI=1S/C9H9F2NO3/c1-4-7(10)5(9(13)15-2)3-6(12-14)8(4)11/h3H,12H2,1-2H3. The molecule has 82 valence electrons. The fourth-order valence-electron chi connectivity index (χ4n) is 1.14. The van der Waals surface area contributed by atoms with E-state index < -0.39 is 23.2 Å². The Labute approximate surface area is 84.4 Å². The molecule has 0 amide bonds. The number of carbonyl (C=O) groups excluding carboxylic acids is 1. The third-order valence-corrected chi connectivity index (χ3v) is 1.98. The number of methoxy groups -OCH3 is 1. The molecule has 0 heterocycles. The lowest BCUT2D eigenvalue weighted by molar-refractivity contribution is -0.499. The molecule has 15 heavy (non-hydrogen) atoms. The SMILES string of the molecule is COC(=O)c1cc([NH2+][O-])c(F)c(C)c1F. The van der Waals surface area contributed by atoms with Crippen LogP contribution in [0.15, 0.2) is 6.07 Å². The molecular formula is C9H9F2NO3. The van der Waals surface area contributed by atoms with Crippen molar-refractivity contribution < 1.29 is 23.8 Å². The second-order valence-electron chi connectivity index (χ2n) is 2.88. The van der Waals surface area contributed by atoms with Crippen LogP contribution in [0.2, 0.25) is 0 Å². The van der Waals surface area contributed by atoms with Gasteiger partial charge < -0.3 is 15.4 Å². The van der Waals surface area contributed by atoms with Crippen LogP contribution in [0.4, 0.5) is 14.5 Å². The number of carbonyl (C=O) groups is 1. The molecule has 6 heteroatoms. The Morgan fingerprint density at radius 1 is 1.47 bits per heavy atom. The number of quaternary nitrogens is 1. The summed E-state index contributed by atoms with van der Waals surface area (Å²) in [5.74, 6) is -2.92. The minimum Gasteiger partial charge on any atom is -0.630 e. The van der Waals surface area contributed by atoms with Crippen molar-refractivity contribution in [1.29, 1.82) is 0 Å². The average Bonchev–Trinajstić information content (AvgIpc) is 2.25. The number of esters is 1. The van der Waals surface area contributed by atoms with Gasteiger partial charge in [-0.1, -0.05) is 0 Å². The summed E-state index contributed by atoms with van der Waals surface area (Å²) in [4.78, 5) is 11.1. The second kappa shape index (κ2) is 4.33. The van der Waals surface area contributed by atoms with Gasteiger partial charge in [0.25, 0.3) is 0 Å². The number of rotatable bonds is 2. The van der Waals surface area contributed by atoms with Crippen molar-refractivity contribution in [3.8, 4) is 0 Å². The van der Waals surface area contributed by atoms with Gasteiger partial charge in [0, 0.05) is 11.6 Å². The molecule has 2 N–H and O–H groups in total. The number of hydrogen-bond acceptors (Lipinski definition) is 3. The van der Waals surface area contributed by atoms with E-state index in [1.807, 2.05) is 0 Å². The highest BCUT2D eigenvalue weighted by Crippen LogP contribution is 2.21. The maximum Gasteiger partial charge on any atom is 0.341 e. The maximum atomic E-state index is 13.4. The summed E-state index contributed by atoms with van der Waals surface area (Å²) in [7, 11) is 1.07. The topological polar surface area (TPSA) is 66.0 Å². The molecule has 0 fully saturated rings. The summed E-state index contributed by atoms with van der Waals surface area (Å²) in [5, 5.41) is 10.4. The molecule has 0 unspecified atom stereocenters. The minimum absolute atomic E-state index is 0.216. The fraction of sp³-hybridized carbons (Fsp3) is 0.222. The van der Waals surface area contributed by atoms with Gasteiger partial charge >= 0.3 is 5.97 Å². The maximum absolute atomic E-state index is 13.4. The Hall–Kier alpha value is -1.53. The van der Waals surface area contributed by atoms with Crippen molar-refractivity contribution in [2.45, 2.75) is 6.92 Å². The Balaban J connectivity index is 3.41. The van der Waals surface area contributed by atoms with Crippen LogP contribution in [0.1, 0.15) is 15.9 Å². The van der Waals surface area contributed by atoms with Crippen LogP contribution < -0.4 is 5.48 Å². The zero-order chi connectivity index (χ0) is 11.6. The molecule has 0 aliphatic rings. The van der Waals surface area contributed by atoms with Gasteiger partial charge in [-0.25, -0.2) is 9.18 Å². The average molecular weight is 217 g/mol. The van der Waals surface area contributed by atoms with E-state index in [1.165, 1.54) is 0 Å². The van der Waals surface area contributed by atoms with Crippen molar-refractivity contribution >= 4 is 11.7 Å². The van der Waals surface area contributed by atoms with Gasteiger partial charge in [0.2, 0.25) is 0 Å². The number of hydrogen-bond donors (Lipinski definition) is 1. The second-order valence-corrected chi connectivity index (χ2v) is 2.88. The third kappa shape index (κ3) is 1.95. The lowest BCUT2D eigenvalue weighted by atomic mass is 10.1. The smallest absolute Gasteiger partial charge is 0.341 e. The zero-order valence-electron chi connectivity index (χ0n) is 8.14. The molecule has 0 spiro atoms. The van der Waals surface area contributed by atoms with Gasteiger partial charge in [-0.15, -0.1) is 0 Å². The highest BCUT2D eigenvalue weighted by atomic mass is 19.1. The molecule has 0 saturated heterocycles. The Kier molecular flexibility index (Phi) is 3.33. The normalized spacial score (nSPS) is 10.2. The molecule has 0 atom stereocenters. The molecule has 1 rings (SSSR count). The van der Waals surface area contributed by atoms with Gasteiger partial charge in [-0.05, 0) is 6.92 Å². The summed E-state index contributed by atoms with van der Waals surface area (Å²) in [6.07, 6.45) is 0. The molecule has 0 bridgehead atoms. The van der Waals surface area contributed by atoms with Crippen molar-refractivity contribution in [3.05, 3.63) is 34.0 Å². The van der Waals surface area contributed by atoms with Gasteiger partial charge in [0.05, 0.1) is 7.11 Å². The lowest BCUT2D eigenvalue weighted by Gasteiger charge is -2.09. The van der Waals surface area contributed by atoms with E-state index in [9.17, 15) is 18.8 Å². The van der Waals surface area contributed by atoms with E-state index >= 15 is 0 Å². The highest BCUT2D eigenvalue weighted by Gasteiger charge is 2.21. The van der Waals surface area contributed by atoms with E-state index in [0.29, 0.717) is 0 Å². The summed E-state index contributed by atoms with van der Waals surface area (Å²) in [5.41, 5.74) is -0.971. The Morgan fingerprint density at radius 3 is 2.53 bits per heavy atom. The highest BCUT2D eigenvalue weighted by molar-refractivity contribution is 5.90. The summed E-state index contributed by atoms with van der Waals surface area (Å²) < 4.78 is 30.8. The Bertz CT molecular complexity index is 407. The van der Waals surface area contributed by atoms with Crippen LogP contribution in [0.5, 0.6) is 0 Å². The van der Waals surface area contributed by atoms with Gasteiger partial charge in [-0.3, -0.25) is 0 Å².